The van der Waals surface area contributed by atoms with Crippen LogP contribution in [0, 0.1) is 5.92 Å². The molecule has 1 atom stereocenters. The van der Waals surface area contributed by atoms with Crippen LogP contribution in [-0.4, -0.2) is 28.9 Å². The molecule has 1 fully saturated rings. The number of amides is 1. The quantitative estimate of drug-likeness (QED) is 0.856. The van der Waals surface area contributed by atoms with Crippen molar-refractivity contribution in [2.24, 2.45) is 5.92 Å². The fraction of sp³-hybridized carbons (Fsp3) is 0.600. The first-order valence-corrected chi connectivity index (χ1v) is 7.19. The molecular weight excluding hydrogens is 238 g/mol. The Morgan fingerprint density at radius 1 is 1.47 bits per heavy atom. The van der Waals surface area contributed by atoms with Crippen LogP contribution in [0.1, 0.15) is 38.8 Å². The molecule has 1 unspecified atom stereocenters. The lowest BCUT2D eigenvalue weighted by atomic mass is 10.1. The molecule has 1 aromatic rings. The van der Waals surface area contributed by atoms with Crippen LogP contribution in [0.15, 0.2) is 18.3 Å². The van der Waals surface area contributed by atoms with Gasteiger partial charge in [0.05, 0.1) is 12.2 Å². The molecule has 1 saturated heterocycles. The van der Waals surface area contributed by atoms with Crippen molar-refractivity contribution in [2.75, 3.05) is 18.4 Å². The SMILES string of the molecule is CCCNc1ccnc(CN2CC(CC)CC2=O)c1. The smallest absolute Gasteiger partial charge is 0.223 e. The Labute approximate surface area is 115 Å². The first-order chi connectivity index (χ1) is 9.22. The van der Waals surface area contributed by atoms with Crippen LogP contribution in [0.25, 0.3) is 0 Å². The van der Waals surface area contributed by atoms with Gasteiger partial charge in [0.25, 0.3) is 0 Å². The van der Waals surface area contributed by atoms with Gasteiger partial charge in [-0.3, -0.25) is 9.78 Å². The zero-order valence-electron chi connectivity index (χ0n) is 11.9. The number of hydrogen-bond donors (Lipinski definition) is 1. The van der Waals surface area contributed by atoms with E-state index in [1.807, 2.05) is 23.2 Å². The Balaban J connectivity index is 1.97. The molecule has 1 aromatic heterocycles. The van der Waals surface area contributed by atoms with E-state index in [2.05, 4.69) is 24.1 Å². The maximum Gasteiger partial charge on any atom is 0.223 e. The topological polar surface area (TPSA) is 45.2 Å². The van der Waals surface area contributed by atoms with Gasteiger partial charge < -0.3 is 10.2 Å². The molecule has 4 nitrogen and oxygen atoms in total. The van der Waals surface area contributed by atoms with Crippen LogP contribution in [0.2, 0.25) is 0 Å². The van der Waals surface area contributed by atoms with Gasteiger partial charge >= 0.3 is 0 Å². The van der Waals surface area contributed by atoms with Crippen molar-refractivity contribution >= 4 is 11.6 Å². The van der Waals surface area contributed by atoms with Crippen LogP contribution < -0.4 is 5.32 Å². The summed E-state index contributed by atoms with van der Waals surface area (Å²) in [5.74, 6) is 0.787. The summed E-state index contributed by atoms with van der Waals surface area (Å²) in [5.41, 5.74) is 2.05. The molecule has 2 rings (SSSR count). The van der Waals surface area contributed by atoms with Crippen LogP contribution in [0.3, 0.4) is 0 Å². The molecule has 19 heavy (non-hydrogen) atoms. The molecule has 0 saturated carbocycles. The van der Waals surface area contributed by atoms with Crippen LogP contribution in [-0.2, 0) is 11.3 Å². The highest BCUT2D eigenvalue weighted by atomic mass is 16.2. The van der Waals surface area contributed by atoms with E-state index in [4.69, 9.17) is 0 Å². The second kappa shape index (κ2) is 6.55. The second-order valence-corrected chi connectivity index (χ2v) is 5.22. The van der Waals surface area contributed by atoms with E-state index in [0.717, 1.165) is 37.3 Å². The summed E-state index contributed by atoms with van der Waals surface area (Å²) >= 11 is 0. The second-order valence-electron chi connectivity index (χ2n) is 5.22. The molecule has 104 valence electrons. The van der Waals surface area contributed by atoms with Gasteiger partial charge in [0.1, 0.15) is 0 Å². The zero-order valence-corrected chi connectivity index (χ0v) is 11.9. The lowest BCUT2D eigenvalue weighted by Crippen LogP contribution is -2.25. The molecule has 1 aliphatic heterocycles. The summed E-state index contributed by atoms with van der Waals surface area (Å²) in [5, 5.41) is 3.35. The predicted octanol–water partition coefficient (Wildman–Crippen LogP) is 2.66. The van der Waals surface area contributed by atoms with Crippen molar-refractivity contribution in [3.8, 4) is 0 Å². The summed E-state index contributed by atoms with van der Waals surface area (Å²) in [7, 11) is 0. The summed E-state index contributed by atoms with van der Waals surface area (Å²) < 4.78 is 0. The van der Waals surface area contributed by atoms with E-state index in [1.54, 1.807) is 0 Å². The van der Waals surface area contributed by atoms with E-state index >= 15 is 0 Å². The largest absolute Gasteiger partial charge is 0.385 e. The number of carbonyl (C=O) groups is 1. The fourth-order valence-electron chi connectivity index (χ4n) is 2.42. The Kier molecular flexibility index (Phi) is 4.77. The van der Waals surface area contributed by atoms with E-state index < -0.39 is 0 Å². The van der Waals surface area contributed by atoms with E-state index in [-0.39, 0.29) is 5.91 Å². The van der Waals surface area contributed by atoms with E-state index in [0.29, 0.717) is 18.9 Å². The first kappa shape index (κ1) is 13.8. The Morgan fingerprint density at radius 2 is 2.32 bits per heavy atom. The fourth-order valence-corrected chi connectivity index (χ4v) is 2.42. The van der Waals surface area contributed by atoms with E-state index in [1.165, 1.54) is 0 Å². The molecule has 4 heteroatoms. The van der Waals surface area contributed by atoms with Crippen LogP contribution in [0.5, 0.6) is 0 Å². The Hall–Kier alpha value is -1.58. The van der Waals surface area contributed by atoms with Crippen molar-refractivity contribution in [1.29, 1.82) is 0 Å². The van der Waals surface area contributed by atoms with Crippen molar-refractivity contribution in [3.63, 3.8) is 0 Å². The minimum atomic E-state index is 0.264. The summed E-state index contributed by atoms with van der Waals surface area (Å²) in [4.78, 5) is 18.2. The third-order valence-electron chi connectivity index (χ3n) is 3.62. The number of anilines is 1. The molecule has 0 spiro atoms. The van der Waals surface area contributed by atoms with Crippen molar-refractivity contribution < 1.29 is 4.79 Å². The third-order valence-corrected chi connectivity index (χ3v) is 3.62. The van der Waals surface area contributed by atoms with Crippen LogP contribution in [0.4, 0.5) is 5.69 Å². The van der Waals surface area contributed by atoms with Gasteiger partial charge in [-0.2, -0.15) is 0 Å². The van der Waals surface area contributed by atoms with Gasteiger partial charge in [-0.25, -0.2) is 0 Å². The monoisotopic (exact) mass is 261 g/mol. The van der Waals surface area contributed by atoms with Crippen LogP contribution >= 0.6 is 0 Å². The van der Waals surface area contributed by atoms with Crippen molar-refractivity contribution in [2.45, 2.75) is 39.7 Å². The average Bonchev–Trinajstić information content (AvgIpc) is 2.77. The zero-order chi connectivity index (χ0) is 13.7. The highest BCUT2D eigenvalue weighted by Gasteiger charge is 2.28. The molecule has 0 aliphatic carbocycles. The normalized spacial score (nSPS) is 18.9. The number of likely N-dealkylation sites (tertiary alicyclic amines) is 1. The molecule has 1 N–H and O–H groups in total. The lowest BCUT2D eigenvalue weighted by molar-refractivity contribution is -0.128. The van der Waals surface area contributed by atoms with Crippen molar-refractivity contribution in [1.82, 2.24) is 9.88 Å². The lowest BCUT2D eigenvalue weighted by Gasteiger charge is -2.16. The highest BCUT2D eigenvalue weighted by molar-refractivity contribution is 5.78. The van der Waals surface area contributed by atoms with Gasteiger partial charge in [0, 0.05) is 31.4 Å². The number of rotatable bonds is 6. The molecule has 0 aromatic carbocycles. The molecule has 1 amide bonds. The number of aromatic nitrogens is 1. The van der Waals surface area contributed by atoms with Crippen molar-refractivity contribution in [3.05, 3.63) is 24.0 Å². The van der Waals surface area contributed by atoms with E-state index in [9.17, 15) is 4.79 Å². The maximum atomic E-state index is 11.9. The molecule has 1 aliphatic rings. The molecular formula is C15H23N3O. The average molecular weight is 261 g/mol. The highest BCUT2D eigenvalue weighted by Crippen LogP contribution is 2.22. The number of nitrogens with zero attached hydrogens (tertiary/aromatic N) is 2. The van der Waals surface area contributed by atoms with Gasteiger partial charge in [0.2, 0.25) is 5.91 Å². The summed E-state index contributed by atoms with van der Waals surface area (Å²) in [6.45, 7) is 6.77. The first-order valence-electron chi connectivity index (χ1n) is 7.19. The number of pyridine rings is 1. The standard InChI is InChI=1S/C15H23N3O/c1-3-6-16-13-5-7-17-14(9-13)11-18-10-12(4-2)8-15(18)19/h5,7,9,12H,3-4,6,8,10-11H2,1-2H3,(H,16,17). The van der Waals surface area contributed by atoms with Gasteiger partial charge in [-0.05, 0) is 24.5 Å². The number of hydrogen-bond acceptors (Lipinski definition) is 3. The minimum absolute atomic E-state index is 0.264. The predicted molar refractivity (Wildman–Crippen MR) is 76.8 cm³/mol. The maximum absolute atomic E-state index is 11.9. The number of carbonyl (C=O) groups excluding carboxylic acids is 1. The third kappa shape index (κ3) is 3.69. The van der Waals surface area contributed by atoms with Gasteiger partial charge in [-0.15, -0.1) is 0 Å². The Bertz CT molecular complexity index is 433. The van der Waals surface area contributed by atoms with Gasteiger partial charge in [-0.1, -0.05) is 20.3 Å². The summed E-state index contributed by atoms with van der Waals surface area (Å²) in [6.07, 6.45) is 4.68. The number of nitrogens with one attached hydrogen (secondary N) is 1. The minimum Gasteiger partial charge on any atom is -0.385 e. The van der Waals surface area contributed by atoms with Gasteiger partial charge in [0.15, 0.2) is 0 Å². The molecule has 2 heterocycles. The molecule has 0 bridgehead atoms. The summed E-state index contributed by atoms with van der Waals surface area (Å²) in [6, 6.07) is 4.02. The molecule has 0 radical (unpaired) electrons. The Morgan fingerprint density at radius 3 is 3.00 bits per heavy atom.